The zero-order chi connectivity index (χ0) is 28.5. The van der Waals surface area contributed by atoms with E-state index >= 15 is 0 Å². The van der Waals surface area contributed by atoms with Gasteiger partial charge in [-0.05, 0) is 28.8 Å². The first-order valence-corrected chi connectivity index (χ1v) is 13.5. The fourth-order valence-corrected chi connectivity index (χ4v) is 4.86. The van der Waals surface area contributed by atoms with Crippen LogP contribution in [0.15, 0.2) is 78.2 Å². The number of benzene rings is 3. The molecule has 0 saturated carbocycles. The van der Waals surface area contributed by atoms with E-state index in [0.717, 1.165) is 16.3 Å². The Bertz CT molecular complexity index is 1500. The van der Waals surface area contributed by atoms with Crippen molar-refractivity contribution in [3.05, 3.63) is 95.0 Å². The molecule has 4 aromatic rings. The van der Waals surface area contributed by atoms with Crippen molar-refractivity contribution in [3.63, 3.8) is 0 Å². The molecule has 0 fully saturated rings. The Morgan fingerprint density at radius 1 is 0.925 bits per heavy atom. The monoisotopic (exact) mass is 559 g/mol. The van der Waals surface area contributed by atoms with Gasteiger partial charge in [0.15, 0.2) is 5.13 Å². The molecule has 0 spiro atoms. The fraction of sp³-hybridized carbons (Fsp3) is 0.207. The Labute approximate surface area is 234 Å². The minimum Gasteiger partial charge on any atom is -0.481 e. The number of nitrogens with one attached hydrogen (secondary N) is 4. The normalized spacial score (nSPS) is 12.2. The van der Waals surface area contributed by atoms with Crippen LogP contribution in [0, 0.1) is 0 Å². The van der Waals surface area contributed by atoms with Gasteiger partial charge < -0.3 is 21.1 Å². The van der Waals surface area contributed by atoms with Gasteiger partial charge in [-0.2, -0.15) is 0 Å². The molecule has 0 bridgehead atoms. The molecule has 0 aliphatic rings. The predicted octanol–water partition coefficient (Wildman–Crippen LogP) is 4.00. The minimum absolute atomic E-state index is 0.0939. The predicted molar refractivity (Wildman–Crippen MR) is 153 cm³/mol. The van der Waals surface area contributed by atoms with Gasteiger partial charge >= 0.3 is 12.0 Å². The van der Waals surface area contributed by atoms with Crippen LogP contribution in [-0.4, -0.2) is 39.9 Å². The molecule has 0 radical (unpaired) electrons. The molecule has 5 N–H and O–H groups in total. The molecule has 10 nitrogen and oxygen atoms in total. The Kier molecular flexibility index (Phi) is 9.42. The number of hydrogen-bond donors (Lipinski definition) is 5. The Morgan fingerprint density at radius 3 is 2.42 bits per heavy atom. The van der Waals surface area contributed by atoms with E-state index in [1.54, 1.807) is 11.4 Å². The van der Waals surface area contributed by atoms with E-state index in [1.807, 2.05) is 66.7 Å². The van der Waals surface area contributed by atoms with E-state index in [4.69, 9.17) is 0 Å². The summed E-state index contributed by atoms with van der Waals surface area (Å²) in [6, 6.07) is 20.4. The summed E-state index contributed by atoms with van der Waals surface area (Å²) in [7, 11) is 0. The zero-order valence-electron chi connectivity index (χ0n) is 21.7. The lowest BCUT2D eigenvalue weighted by molar-refractivity contribution is -0.138. The van der Waals surface area contributed by atoms with Gasteiger partial charge in [-0.15, -0.1) is 11.3 Å². The Hall–Kier alpha value is -4.77. The number of nitrogens with zero attached hydrogens (tertiary/aromatic N) is 1. The van der Waals surface area contributed by atoms with Crippen molar-refractivity contribution in [1.82, 2.24) is 20.9 Å². The lowest BCUT2D eigenvalue weighted by Crippen LogP contribution is -2.46. The molecule has 40 heavy (non-hydrogen) atoms. The summed E-state index contributed by atoms with van der Waals surface area (Å²) in [5.41, 5.74) is 2.08. The van der Waals surface area contributed by atoms with Crippen LogP contribution >= 0.6 is 11.3 Å². The fourth-order valence-electron chi connectivity index (χ4n) is 4.15. The average Bonchev–Trinajstić information content (AvgIpc) is 3.37. The van der Waals surface area contributed by atoms with Crippen molar-refractivity contribution >= 4 is 51.1 Å². The lowest BCUT2D eigenvalue weighted by Gasteiger charge is -2.22. The summed E-state index contributed by atoms with van der Waals surface area (Å²) in [6.45, 7) is 1.89. The summed E-state index contributed by atoms with van der Waals surface area (Å²) < 4.78 is 0. The summed E-state index contributed by atoms with van der Waals surface area (Å²) in [5.74, 6) is -2.01. The number of carbonyl (C=O) groups is 4. The van der Waals surface area contributed by atoms with E-state index in [1.165, 1.54) is 18.3 Å². The van der Waals surface area contributed by atoms with E-state index in [2.05, 4.69) is 26.3 Å². The Morgan fingerprint density at radius 2 is 1.65 bits per heavy atom. The third-order valence-corrected chi connectivity index (χ3v) is 6.88. The number of aromatic nitrogens is 1. The van der Waals surface area contributed by atoms with Crippen LogP contribution in [0.3, 0.4) is 0 Å². The summed E-state index contributed by atoms with van der Waals surface area (Å²) in [6.07, 6.45) is -0.406. The second kappa shape index (κ2) is 13.3. The second-order valence-electron chi connectivity index (χ2n) is 9.13. The molecular weight excluding hydrogens is 530 g/mol. The molecule has 0 saturated heterocycles. The van der Waals surface area contributed by atoms with Crippen LogP contribution in [0.4, 0.5) is 9.93 Å². The summed E-state index contributed by atoms with van der Waals surface area (Å²) >= 11 is 1.18. The van der Waals surface area contributed by atoms with Gasteiger partial charge in [0.25, 0.3) is 0 Å². The number of carbonyl (C=O) groups excluding carboxylic acids is 3. The molecule has 0 aliphatic heterocycles. The van der Waals surface area contributed by atoms with Gasteiger partial charge in [0.1, 0.15) is 6.04 Å². The van der Waals surface area contributed by atoms with Crippen LogP contribution in [-0.2, 0) is 27.3 Å². The molecule has 4 amide bonds. The first-order chi connectivity index (χ1) is 19.3. The maximum absolute atomic E-state index is 12.9. The van der Waals surface area contributed by atoms with Gasteiger partial charge in [-0.1, -0.05) is 72.8 Å². The van der Waals surface area contributed by atoms with Crippen molar-refractivity contribution in [1.29, 1.82) is 0 Å². The van der Waals surface area contributed by atoms with Crippen LogP contribution in [0.5, 0.6) is 0 Å². The maximum Gasteiger partial charge on any atom is 0.321 e. The topological polar surface area (TPSA) is 150 Å². The number of fused-ring (bicyclic) bond motifs is 1. The third kappa shape index (κ3) is 7.87. The Balaban J connectivity index is 1.30. The molecule has 4 rings (SSSR count). The van der Waals surface area contributed by atoms with Gasteiger partial charge in [-0.25, -0.2) is 9.78 Å². The molecule has 1 heterocycles. The molecule has 1 aromatic heterocycles. The second-order valence-corrected chi connectivity index (χ2v) is 9.99. The van der Waals surface area contributed by atoms with Crippen molar-refractivity contribution in [2.45, 2.75) is 38.4 Å². The largest absolute Gasteiger partial charge is 0.481 e. The number of amides is 4. The van der Waals surface area contributed by atoms with E-state index in [-0.39, 0.29) is 12.8 Å². The molecule has 1 unspecified atom stereocenters. The van der Waals surface area contributed by atoms with Gasteiger partial charge in [0.2, 0.25) is 11.8 Å². The maximum atomic E-state index is 12.9. The van der Waals surface area contributed by atoms with E-state index in [0.29, 0.717) is 22.9 Å². The number of carboxylic acid groups (broad SMARTS) is 1. The van der Waals surface area contributed by atoms with E-state index in [9.17, 15) is 24.3 Å². The number of rotatable bonds is 11. The van der Waals surface area contributed by atoms with Gasteiger partial charge in [0.05, 0.1) is 24.6 Å². The molecule has 2 atom stereocenters. The highest BCUT2D eigenvalue weighted by Crippen LogP contribution is 2.26. The van der Waals surface area contributed by atoms with Crippen molar-refractivity contribution in [3.8, 4) is 0 Å². The molecular formula is C29H29N5O5S. The first kappa shape index (κ1) is 28.2. The lowest BCUT2D eigenvalue weighted by atomic mass is 9.96. The molecule has 206 valence electrons. The van der Waals surface area contributed by atoms with Gasteiger partial charge in [0, 0.05) is 11.9 Å². The highest BCUT2D eigenvalue weighted by Gasteiger charge is 2.24. The molecule has 11 heteroatoms. The molecule has 0 aliphatic carbocycles. The van der Waals surface area contributed by atoms with Gasteiger partial charge in [-0.3, -0.25) is 19.7 Å². The van der Waals surface area contributed by atoms with Crippen LogP contribution < -0.4 is 21.3 Å². The van der Waals surface area contributed by atoms with Crippen LogP contribution in [0.25, 0.3) is 10.8 Å². The van der Waals surface area contributed by atoms with E-state index < -0.39 is 35.9 Å². The average molecular weight is 560 g/mol. The minimum atomic E-state index is -1.06. The van der Waals surface area contributed by atoms with Crippen molar-refractivity contribution in [2.24, 2.45) is 0 Å². The number of urea groups is 1. The third-order valence-electron chi connectivity index (χ3n) is 6.07. The van der Waals surface area contributed by atoms with Crippen molar-refractivity contribution < 1.29 is 24.3 Å². The first-order valence-electron chi connectivity index (χ1n) is 12.6. The number of thiazole rings is 1. The summed E-state index contributed by atoms with van der Waals surface area (Å²) in [4.78, 5) is 53.5. The van der Waals surface area contributed by atoms with Crippen molar-refractivity contribution in [2.75, 3.05) is 5.32 Å². The van der Waals surface area contributed by atoms with Crippen LogP contribution in [0.1, 0.15) is 36.2 Å². The SMILES string of the molecule is C[C@H](NC(=O)Cc1csc(NC(=O)NCc2ccccc2)n1)C(=O)NC(CC(=O)O)c1cccc2ccccc12. The smallest absolute Gasteiger partial charge is 0.321 e. The van der Waals surface area contributed by atoms with Crippen LogP contribution in [0.2, 0.25) is 0 Å². The number of aliphatic carboxylic acids is 1. The number of hydrogen-bond acceptors (Lipinski definition) is 6. The highest BCUT2D eigenvalue weighted by atomic mass is 32.1. The number of anilines is 1. The quantitative estimate of drug-likeness (QED) is 0.188. The summed E-state index contributed by atoms with van der Waals surface area (Å²) in [5, 5.41) is 24.0. The standard InChI is InChI=1S/C29H29N5O5S/c1-18(27(38)33-24(15-26(36)37)23-13-7-11-20-10-5-6-12-22(20)23)31-25(35)14-21-17-40-29(32-21)34-28(39)30-16-19-8-3-2-4-9-19/h2-13,17-18,24H,14-16H2,1H3,(H,31,35)(H,33,38)(H,36,37)(H2,30,32,34,39)/t18-,24?/m0/s1. The highest BCUT2D eigenvalue weighted by molar-refractivity contribution is 7.13. The zero-order valence-corrected chi connectivity index (χ0v) is 22.5. The molecule has 3 aromatic carbocycles. The number of carboxylic acids is 1.